The Bertz CT molecular complexity index is 604. The summed E-state index contributed by atoms with van der Waals surface area (Å²) in [5, 5.41) is 0. The molecule has 0 radical (unpaired) electrons. The van der Waals surface area contributed by atoms with E-state index in [-0.39, 0.29) is 0 Å². The van der Waals surface area contributed by atoms with Gasteiger partial charge in [-0.2, -0.15) is 35.1 Å². The lowest BCUT2D eigenvalue weighted by Crippen LogP contribution is -2.62. The highest BCUT2D eigenvalue weighted by molar-refractivity contribution is 5.30. The molecule has 0 N–H and O–H groups in total. The molecule has 0 amide bonds. The van der Waals surface area contributed by atoms with Gasteiger partial charge in [0.25, 0.3) is 0 Å². The molecule has 2 nitrogen and oxygen atoms in total. The molecule has 13 heteroatoms. The smallest absolute Gasteiger partial charge is 0.447 e. The van der Waals surface area contributed by atoms with Crippen molar-refractivity contribution in [2.24, 2.45) is 0 Å². The average Bonchev–Trinajstić information content (AvgIpc) is 2.44. The van der Waals surface area contributed by atoms with Gasteiger partial charge in [-0.05, 0) is 0 Å². The third-order valence-corrected chi connectivity index (χ3v) is 2.41. The van der Waals surface area contributed by atoms with E-state index in [0.29, 0.717) is 0 Å². The van der Waals surface area contributed by atoms with Crippen LogP contribution >= 0.6 is 0 Å². The first-order chi connectivity index (χ1) is 10.7. The highest BCUT2D eigenvalue weighted by Gasteiger charge is 2.77. The van der Waals surface area contributed by atoms with Crippen molar-refractivity contribution in [3.05, 3.63) is 41.9 Å². The Hall–Kier alpha value is -2.21. The summed E-state index contributed by atoms with van der Waals surface area (Å²) >= 11 is 0. The molecule has 0 spiro atoms. The second-order valence-corrected chi connectivity index (χ2v) is 3.90. The fourth-order valence-electron chi connectivity index (χ4n) is 1.37. The molecule has 1 aromatic rings. The number of hydrogen-bond acceptors (Lipinski definition) is 2. The van der Waals surface area contributed by atoms with E-state index in [0.717, 1.165) is 0 Å². The Labute approximate surface area is 125 Å². The van der Waals surface area contributed by atoms with Crippen LogP contribution < -0.4 is 4.74 Å². The van der Waals surface area contributed by atoms with Crippen molar-refractivity contribution in [1.29, 1.82) is 0 Å². The quantitative estimate of drug-likeness (QED) is 0.249. The van der Waals surface area contributed by atoms with Crippen molar-refractivity contribution in [2.75, 3.05) is 0 Å². The summed E-state index contributed by atoms with van der Waals surface area (Å²) in [6, 6.07) is 0. The minimum absolute atomic E-state index is 0.437. The minimum atomic E-state index is -6.54. The van der Waals surface area contributed by atoms with Crippen molar-refractivity contribution < 1.29 is 57.8 Å². The highest BCUT2D eigenvalue weighted by Crippen LogP contribution is 2.48. The summed E-state index contributed by atoms with van der Waals surface area (Å²) in [4.78, 5) is 0. The summed E-state index contributed by atoms with van der Waals surface area (Å²) in [5.74, 6) is -23.2. The Morgan fingerprint density at radius 2 is 1.00 bits per heavy atom. The molecule has 136 valence electrons. The van der Waals surface area contributed by atoms with Crippen LogP contribution in [0.3, 0.4) is 0 Å². The van der Waals surface area contributed by atoms with Gasteiger partial charge < -0.3 is 9.47 Å². The van der Waals surface area contributed by atoms with Gasteiger partial charge >= 0.3 is 18.1 Å². The topological polar surface area (TPSA) is 18.5 Å². The number of halogens is 11. The third-order valence-electron chi connectivity index (χ3n) is 2.41. The number of benzene rings is 1. The summed E-state index contributed by atoms with van der Waals surface area (Å²) < 4.78 is 148. The summed E-state index contributed by atoms with van der Waals surface area (Å²) in [6.45, 7) is 2.41. The molecule has 24 heavy (non-hydrogen) atoms. The van der Waals surface area contributed by atoms with E-state index in [1.807, 2.05) is 0 Å². The zero-order valence-corrected chi connectivity index (χ0v) is 10.8. The monoisotopic (exact) mass is 376 g/mol. The molecule has 0 saturated carbocycles. The number of alkyl halides is 6. The van der Waals surface area contributed by atoms with Gasteiger partial charge in [0, 0.05) is 0 Å². The maximum absolute atomic E-state index is 13.3. The maximum atomic E-state index is 13.3. The largest absolute Gasteiger partial charge is 0.478 e. The molecule has 0 saturated heterocycles. The molecule has 0 heterocycles. The molecular weight excluding hydrogens is 373 g/mol. The second-order valence-electron chi connectivity index (χ2n) is 3.90. The molecule has 1 rings (SSSR count). The summed E-state index contributed by atoms with van der Waals surface area (Å²) in [5.41, 5.74) is 0. The summed E-state index contributed by atoms with van der Waals surface area (Å²) in [7, 11) is 0. The predicted octanol–water partition coefficient (Wildman–Crippen LogP) is 4.74. The molecule has 0 fully saturated rings. The average molecular weight is 376 g/mol. The molecule has 0 aliphatic heterocycles. The van der Waals surface area contributed by atoms with Gasteiger partial charge in [-0.15, -0.1) is 0 Å². The van der Waals surface area contributed by atoms with E-state index in [4.69, 9.17) is 0 Å². The normalized spacial score (nSPS) is 13.0. The summed E-state index contributed by atoms with van der Waals surface area (Å²) in [6.07, 6.45) is -13.5. The first-order valence-corrected chi connectivity index (χ1v) is 5.34. The SMILES string of the molecule is C=COC(Oc1c(F)c(F)c(F)c(F)c1F)(C(F)(F)F)C(F)(F)F. The van der Waals surface area contributed by atoms with Crippen molar-refractivity contribution in [2.45, 2.75) is 18.1 Å². The zero-order valence-electron chi connectivity index (χ0n) is 10.8. The molecule has 0 bridgehead atoms. The lowest BCUT2D eigenvalue weighted by atomic mass is 10.2. The van der Waals surface area contributed by atoms with Crippen LogP contribution in [-0.2, 0) is 4.74 Å². The maximum Gasteiger partial charge on any atom is 0.478 e. The number of rotatable bonds is 4. The predicted molar refractivity (Wildman–Crippen MR) is 53.0 cm³/mol. The van der Waals surface area contributed by atoms with Crippen LogP contribution in [0.5, 0.6) is 5.75 Å². The third kappa shape index (κ3) is 2.94. The molecule has 1 aromatic carbocycles. The van der Waals surface area contributed by atoms with Crippen molar-refractivity contribution >= 4 is 0 Å². The van der Waals surface area contributed by atoms with Crippen LogP contribution in [0.1, 0.15) is 0 Å². The molecular formula is C11H3F11O2. The second kappa shape index (κ2) is 6.02. The van der Waals surface area contributed by atoms with Crippen LogP contribution in [0.25, 0.3) is 0 Å². The van der Waals surface area contributed by atoms with Gasteiger partial charge in [-0.3, -0.25) is 0 Å². The van der Waals surface area contributed by atoms with Crippen LogP contribution in [0, 0.1) is 29.1 Å². The lowest BCUT2D eigenvalue weighted by molar-refractivity contribution is -0.434. The van der Waals surface area contributed by atoms with Crippen LogP contribution in [-0.4, -0.2) is 18.1 Å². The highest BCUT2D eigenvalue weighted by atomic mass is 19.4. The Kier molecular flexibility index (Phi) is 4.97. The van der Waals surface area contributed by atoms with E-state index < -0.39 is 59.2 Å². The van der Waals surface area contributed by atoms with E-state index in [1.54, 1.807) is 0 Å². The van der Waals surface area contributed by atoms with Crippen molar-refractivity contribution in [3.8, 4) is 5.75 Å². The van der Waals surface area contributed by atoms with Crippen molar-refractivity contribution in [1.82, 2.24) is 0 Å². The Morgan fingerprint density at radius 1 is 0.667 bits per heavy atom. The van der Waals surface area contributed by atoms with E-state index in [9.17, 15) is 48.3 Å². The lowest BCUT2D eigenvalue weighted by Gasteiger charge is -2.35. The van der Waals surface area contributed by atoms with Crippen LogP contribution in [0.4, 0.5) is 48.3 Å². The molecule has 0 aliphatic rings. The van der Waals surface area contributed by atoms with Gasteiger partial charge in [0.05, 0.1) is 6.26 Å². The standard InChI is InChI=1S/C11H3F11O2/c1-2-23-9(10(17,18)19,11(20,21)22)24-8-6(15)4(13)3(12)5(14)7(8)16/h2H,1H2. The van der Waals surface area contributed by atoms with E-state index in [2.05, 4.69) is 16.1 Å². The van der Waals surface area contributed by atoms with Gasteiger partial charge in [0.2, 0.25) is 34.8 Å². The fraction of sp³-hybridized carbons (Fsp3) is 0.273. The number of hydrogen-bond donors (Lipinski definition) is 0. The van der Waals surface area contributed by atoms with Gasteiger partial charge in [0.15, 0.2) is 0 Å². The molecule has 0 atom stereocenters. The first kappa shape index (κ1) is 19.8. The molecule has 0 aromatic heterocycles. The fourth-order valence-corrected chi connectivity index (χ4v) is 1.37. The van der Waals surface area contributed by atoms with Gasteiger partial charge in [-0.25, -0.2) is 13.2 Å². The van der Waals surface area contributed by atoms with E-state index in [1.165, 1.54) is 0 Å². The molecule has 0 aliphatic carbocycles. The Balaban J connectivity index is 3.72. The van der Waals surface area contributed by atoms with Gasteiger partial charge in [-0.1, -0.05) is 6.58 Å². The zero-order chi connectivity index (χ0) is 19.1. The van der Waals surface area contributed by atoms with Gasteiger partial charge in [0.1, 0.15) is 0 Å². The van der Waals surface area contributed by atoms with Crippen LogP contribution in [0.15, 0.2) is 12.8 Å². The Morgan fingerprint density at radius 3 is 1.29 bits per heavy atom. The minimum Gasteiger partial charge on any atom is -0.447 e. The van der Waals surface area contributed by atoms with Crippen molar-refractivity contribution in [3.63, 3.8) is 0 Å². The number of ether oxygens (including phenoxy) is 2. The first-order valence-electron chi connectivity index (χ1n) is 5.34. The van der Waals surface area contributed by atoms with Crippen LogP contribution in [0.2, 0.25) is 0 Å². The van der Waals surface area contributed by atoms with E-state index >= 15 is 0 Å². The molecule has 0 unspecified atom stereocenters.